The topological polar surface area (TPSA) is 61.4 Å². The van der Waals surface area contributed by atoms with Crippen LogP contribution in [0, 0.1) is 5.92 Å². The number of hydrogen-bond donors (Lipinski definition) is 2. The Morgan fingerprint density at radius 3 is 2.70 bits per heavy atom. The summed E-state index contributed by atoms with van der Waals surface area (Å²) >= 11 is 0. The molecule has 1 aromatic carbocycles. The highest BCUT2D eigenvalue weighted by atomic mass is 16.2. The molecule has 1 saturated heterocycles. The van der Waals surface area contributed by atoms with Crippen LogP contribution in [0.3, 0.4) is 0 Å². The first-order chi connectivity index (χ1) is 11.1. The molecule has 5 heteroatoms. The fourth-order valence-electron chi connectivity index (χ4n) is 2.81. The molecule has 1 aromatic rings. The molecule has 1 heterocycles. The van der Waals surface area contributed by atoms with Crippen molar-refractivity contribution in [2.75, 3.05) is 32.0 Å². The third-order valence-electron chi connectivity index (χ3n) is 4.31. The molecule has 1 aliphatic rings. The zero-order valence-corrected chi connectivity index (χ0v) is 14.1. The Bertz CT molecular complexity index is 537. The van der Waals surface area contributed by atoms with Crippen LogP contribution in [0.5, 0.6) is 0 Å². The first kappa shape index (κ1) is 17.5. The quantitative estimate of drug-likeness (QED) is 0.626. The van der Waals surface area contributed by atoms with Gasteiger partial charge in [-0.15, -0.1) is 0 Å². The summed E-state index contributed by atoms with van der Waals surface area (Å²) in [6.07, 6.45) is 3.82. The summed E-state index contributed by atoms with van der Waals surface area (Å²) in [5.74, 6) is 0.285. The maximum absolute atomic E-state index is 12.6. The van der Waals surface area contributed by atoms with E-state index in [1.165, 1.54) is 0 Å². The number of Topliss-reactive ketones (excluding diaryl/α,β-unsaturated/α-hetero) is 1. The number of benzene rings is 1. The molecule has 2 rings (SSSR count). The standard InChI is InChI=1S/C18H27N3O2/c1-3-4-10-19-18(23)20-16-7-5-6-15(13-16)17(22)14-8-11-21(2)12-9-14/h5-7,13-14H,3-4,8-12H2,1-2H3,(H2,19,20,23). The highest BCUT2D eigenvalue weighted by Crippen LogP contribution is 2.22. The van der Waals surface area contributed by atoms with E-state index in [2.05, 4.69) is 29.5 Å². The van der Waals surface area contributed by atoms with Gasteiger partial charge < -0.3 is 15.5 Å². The van der Waals surface area contributed by atoms with Crippen LogP contribution in [0.4, 0.5) is 10.5 Å². The highest BCUT2D eigenvalue weighted by Gasteiger charge is 2.24. The van der Waals surface area contributed by atoms with E-state index >= 15 is 0 Å². The molecule has 2 amide bonds. The van der Waals surface area contributed by atoms with Gasteiger partial charge in [-0.3, -0.25) is 4.79 Å². The van der Waals surface area contributed by atoms with Crippen molar-refractivity contribution in [1.82, 2.24) is 10.2 Å². The largest absolute Gasteiger partial charge is 0.338 e. The molecule has 1 fully saturated rings. The van der Waals surface area contributed by atoms with Crippen LogP contribution in [-0.4, -0.2) is 43.4 Å². The molecule has 0 aromatic heterocycles. The maximum Gasteiger partial charge on any atom is 0.319 e. The van der Waals surface area contributed by atoms with E-state index in [1.54, 1.807) is 6.07 Å². The summed E-state index contributed by atoms with van der Waals surface area (Å²) < 4.78 is 0. The van der Waals surface area contributed by atoms with Gasteiger partial charge in [0.1, 0.15) is 0 Å². The number of anilines is 1. The van der Waals surface area contributed by atoms with Crippen molar-refractivity contribution in [1.29, 1.82) is 0 Å². The van der Waals surface area contributed by atoms with Crippen molar-refractivity contribution in [3.8, 4) is 0 Å². The smallest absolute Gasteiger partial charge is 0.319 e. The van der Waals surface area contributed by atoms with Crippen molar-refractivity contribution in [2.45, 2.75) is 32.6 Å². The SMILES string of the molecule is CCCCNC(=O)Nc1cccc(C(=O)C2CCN(C)CC2)c1. The van der Waals surface area contributed by atoms with E-state index < -0.39 is 0 Å². The number of hydrogen-bond acceptors (Lipinski definition) is 3. The summed E-state index contributed by atoms with van der Waals surface area (Å²) in [6, 6.07) is 7.03. The lowest BCUT2D eigenvalue weighted by atomic mass is 9.89. The van der Waals surface area contributed by atoms with Gasteiger partial charge in [-0.05, 0) is 51.5 Å². The number of piperidine rings is 1. The molecule has 0 atom stereocenters. The molecule has 23 heavy (non-hydrogen) atoms. The van der Waals surface area contributed by atoms with Gasteiger partial charge in [-0.25, -0.2) is 4.79 Å². The fraction of sp³-hybridized carbons (Fsp3) is 0.556. The second kappa shape index (κ2) is 8.67. The normalized spacial score (nSPS) is 16.1. The number of carbonyl (C=O) groups excluding carboxylic acids is 2. The van der Waals surface area contributed by atoms with Gasteiger partial charge in [-0.1, -0.05) is 25.5 Å². The number of carbonyl (C=O) groups is 2. The third kappa shape index (κ3) is 5.36. The maximum atomic E-state index is 12.6. The Balaban J connectivity index is 1.93. The molecule has 0 unspecified atom stereocenters. The lowest BCUT2D eigenvalue weighted by molar-refractivity contribution is 0.0857. The number of ketones is 1. The van der Waals surface area contributed by atoms with Gasteiger partial charge >= 0.3 is 6.03 Å². The zero-order valence-electron chi connectivity index (χ0n) is 14.1. The van der Waals surface area contributed by atoms with Crippen LogP contribution in [0.2, 0.25) is 0 Å². The van der Waals surface area contributed by atoms with Crippen LogP contribution in [0.1, 0.15) is 43.0 Å². The van der Waals surface area contributed by atoms with Crippen molar-refractivity contribution < 1.29 is 9.59 Å². The average molecular weight is 317 g/mol. The number of amides is 2. The minimum absolute atomic E-state index is 0.0971. The number of nitrogens with zero attached hydrogens (tertiary/aromatic N) is 1. The molecule has 0 saturated carbocycles. The number of nitrogens with one attached hydrogen (secondary N) is 2. The predicted octanol–water partition coefficient (Wildman–Crippen LogP) is 3.13. The fourth-order valence-corrected chi connectivity index (χ4v) is 2.81. The lowest BCUT2D eigenvalue weighted by Crippen LogP contribution is -2.33. The Hall–Kier alpha value is -1.88. The molecule has 5 nitrogen and oxygen atoms in total. The summed E-state index contributed by atoms with van der Waals surface area (Å²) in [7, 11) is 2.09. The van der Waals surface area contributed by atoms with Crippen molar-refractivity contribution in [2.24, 2.45) is 5.92 Å². The number of urea groups is 1. The van der Waals surface area contributed by atoms with E-state index in [-0.39, 0.29) is 17.7 Å². The number of rotatable bonds is 6. The van der Waals surface area contributed by atoms with E-state index in [1.807, 2.05) is 18.2 Å². The molecular weight excluding hydrogens is 290 g/mol. The van der Waals surface area contributed by atoms with Crippen molar-refractivity contribution in [3.05, 3.63) is 29.8 Å². The Kier molecular flexibility index (Phi) is 6.59. The summed E-state index contributed by atoms with van der Waals surface area (Å²) in [5.41, 5.74) is 1.35. The highest BCUT2D eigenvalue weighted by molar-refractivity contribution is 5.99. The third-order valence-corrected chi connectivity index (χ3v) is 4.31. The molecule has 0 aliphatic carbocycles. The predicted molar refractivity (Wildman–Crippen MR) is 92.9 cm³/mol. The molecular formula is C18H27N3O2. The number of unbranched alkanes of at least 4 members (excludes halogenated alkanes) is 1. The second-order valence-corrected chi connectivity index (χ2v) is 6.26. The van der Waals surface area contributed by atoms with Gasteiger partial charge in [0.25, 0.3) is 0 Å². The minimum Gasteiger partial charge on any atom is -0.338 e. The molecule has 0 radical (unpaired) electrons. The second-order valence-electron chi connectivity index (χ2n) is 6.26. The molecule has 2 N–H and O–H groups in total. The van der Waals surface area contributed by atoms with Gasteiger partial charge in [0.15, 0.2) is 5.78 Å². The zero-order chi connectivity index (χ0) is 16.7. The Morgan fingerprint density at radius 1 is 1.26 bits per heavy atom. The molecule has 1 aliphatic heterocycles. The van der Waals surface area contributed by atoms with E-state index in [9.17, 15) is 9.59 Å². The van der Waals surface area contributed by atoms with Crippen LogP contribution in [-0.2, 0) is 0 Å². The van der Waals surface area contributed by atoms with Crippen LogP contribution in [0.15, 0.2) is 24.3 Å². The van der Waals surface area contributed by atoms with Gasteiger partial charge in [0.05, 0.1) is 0 Å². The average Bonchev–Trinajstić information content (AvgIpc) is 2.55. The van der Waals surface area contributed by atoms with Gasteiger partial charge in [0, 0.05) is 23.7 Å². The van der Waals surface area contributed by atoms with Crippen molar-refractivity contribution >= 4 is 17.5 Å². The summed E-state index contributed by atoms with van der Waals surface area (Å²) in [4.78, 5) is 26.7. The molecule has 0 spiro atoms. The summed E-state index contributed by atoms with van der Waals surface area (Å²) in [6.45, 7) is 4.68. The molecule has 126 valence electrons. The van der Waals surface area contributed by atoms with Gasteiger partial charge in [-0.2, -0.15) is 0 Å². The number of likely N-dealkylation sites (tertiary alicyclic amines) is 1. The first-order valence-corrected chi connectivity index (χ1v) is 8.48. The lowest BCUT2D eigenvalue weighted by Gasteiger charge is -2.28. The van der Waals surface area contributed by atoms with Crippen LogP contribution in [0.25, 0.3) is 0 Å². The van der Waals surface area contributed by atoms with Gasteiger partial charge in [0.2, 0.25) is 0 Å². The van der Waals surface area contributed by atoms with E-state index in [4.69, 9.17) is 0 Å². The molecule has 0 bridgehead atoms. The van der Waals surface area contributed by atoms with Crippen LogP contribution >= 0.6 is 0 Å². The Morgan fingerprint density at radius 2 is 2.00 bits per heavy atom. The minimum atomic E-state index is -0.220. The van der Waals surface area contributed by atoms with E-state index in [0.717, 1.165) is 38.8 Å². The first-order valence-electron chi connectivity index (χ1n) is 8.48. The van der Waals surface area contributed by atoms with Crippen LogP contribution < -0.4 is 10.6 Å². The Labute approximate surface area is 138 Å². The van der Waals surface area contributed by atoms with Crippen molar-refractivity contribution in [3.63, 3.8) is 0 Å². The monoisotopic (exact) mass is 317 g/mol. The van der Waals surface area contributed by atoms with E-state index in [0.29, 0.717) is 17.8 Å². The summed E-state index contributed by atoms with van der Waals surface area (Å²) in [5, 5.41) is 5.60.